The van der Waals surface area contributed by atoms with Gasteiger partial charge in [-0.05, 0) is 11.3 Å². The molecule has 0 N–H and O–H groups in total. The summed E-state index contributed by atoms with van der Waals surface area (Å²) in [7, 11) is 0. The fourth-order valence-corrected chi connectivity index (χ4v) is 4.68. The van der Waals surface area contributed by atoms with Gasteiger partial charge in [0.1, 0.15) is 0 Å². The average molecular weight is 341 g/mol. The molecule has 0 aliphatic heterocycles. The highest BCUT2D eigenvalue weighted by molar-refractivity contribution is 9.09. The molecule has 4 heteroatoms. The first-order valence-corrected chi connectivity index (χ1v) is 7.77. The van der Waals surface area contributed by atoms with Crippen LogP contribution in [0.2, 0.25) is 0 Å². The highest BCUT2D eigenvalue weighted by Crippen LogP contribution is 2.36. The number of halogens is 2. The van der Waals surface area contributed by atoms with Crippen molar-refractivity contribution < 1.29 is 0 Å². The number of rotatable bonds is 5. The summed E-state index contributed by atoms with van der Waals surface area (Å²) in [5.41, 5.74) is 0.290. The van der Waals surface area contributed by atoms with Crippen LogP contribution in [0.5, 0.6) is 0 Å². The van der Waals surface area contributed by atoms with Crippen molar-refractivity contribution in [3.8, 4) is 0 Å². The molecule has 1 rings (SSSR count). The van der Waals surface area contributed by atoms with Gasteiger partial charge in [-0.1, -0.05) is 45.7 Å². The van der Waals surface area contributed by atoms with Crippen LogP contribution >= 0.6 is 43.2 Å². The summed E-state index contributed by atoms with van der Waals surface area (Å²) in [5, 5.41) is 5.31. The Balaban J connectivity index is 2.78. The highest BCUT2D eigenvalue weighted by Gasteiger charge is 2.32. The molecule has 0 saturated carbocycles. The Morgan fingerprint density at radius 3 is 2.43 bits per heavy atom. The van der Waals surface area contributed by atoms with Crippen LogP contribution in [0.15, 0.2) is 11.6 Å². The van der Waals surface area contributed by atoms with Crippen molar-refractivity contribution in [2.75, 3.05) is 10.7 Å². The largest absolute Gasteiger partial charge is 0.250 e. The summed E-state index contributed by atoms with van der Waals surface area (Å²) in [6, 6.07) is 0. The smallest absolute Gasteiger partial charge is 0.0931 e. The minimum Gasteiger partial charge on any atom is -0.250 e. The SMILES string of the molecule is CC(C)C(CBr)(CBr)Cc1nccs1. The van der Waals surface area contributed by atoms with Crippen LogP contribution in [0.4, 0.5) is 0 Å². The van der Waals surface area contributed by atoms with Gasteiger partial charge >= 0.3 is 0 Å². The van der Waals surface area contributed by atoms with E-state index in [1.54, 1.807) is 11.3 Å². The maximum absolute atomic E-state index is 4.36. The first kappa shape index (κ1) is 12.7. The van der Waals surface area contributed by atoms with E-state index in [0.29, 0.717) is 5.92 Å². The Labute approximate surface area is 107 Å². The molecule has 1 heterocycles. The van der Waals surface area contributed by atoms with Gasteiger partial charge in [-0.25, -0.2) is 4.98 Å². The second kappa shape index (κ2) is 5.61. The Bertz CT molecular complexity index is 255. The summed E-state index contributed by atoms with van der Waals surface area (Å²) >= 11 is 9.00. The fraction of sp³-hybridized carbons (Fsp3) is 0.700. The van der Waals surface area contributed by atoms with E-state index in [0.717, 1.165) is 17.1 Å². The van der Waals surface area contributed by atoms with Crippen LogP contribution in [0, 0.1) is 11.3 Å². The normalized spacial score (nSPS) is 12.4. The van der Waals surface area contributed by atoms with Crippen molar-refractivity contribution in [1.82, 2.24) is 4.98 Å². The molecule has 0 atom stereocenters. The standard InChI is InChI=1S/C10H15Br2NS/c1-8(2)10(6-11,7-12)5-9-13-3-4-14-9/h3-4,8H,5-7H2,1-2H3. The second-order valence-electron chi connectivity index (χ2n) is 3.89. The molecular weight excluding hydrogens is 326 g/mol. The molecule has 0 aromatic carbocycles. The zero-order valence-electron chi connectivity index (χ0n) is 8.46. The number of thiazole rings is 1. The van der Waals surface area contributed by atoms with Gasteiger partial charge in [0.05, 0.1) is 5.01 Å². The van der Waals surface area contributed by atoms with E-state index in [9.17, 15) is 0 Å². The minimum atomic E-state index is 0.290. The summed E-state index contributed by atoms with van der Waals surface area (Å²) in [6.45, 7) is 4.55. The summed E-state index contributed by atoms with van der Waals surface area (Å²) in [4.78, 5) is 4.36. The lowest BCUT2D eigenvalue weighted by Crippen LogP contribution is -2.33. The Morgan fingerprint density at radius 1 is 1.43 bits per heavy atom. The highest BCUT2D eigenvalue weighted by atomic mass is 79.9. The van der Waals surface area contributed by atoms with Crippen LogP contribution in [-0.4, -0.2) is 15.6 Å². The van der Waals surface area contributed by atoms with E-state index in [1.807, 2.05) is 11.6 Å². The van der Waals surface area contributed by atoms with Crippen molar-refractivity contribution in [3.63, 3.8) is 0 Å². The molecule has 0 aliphatic carbocycles. The van der Waals surface area contributed by atoms with E-state index in [2.05, 4.69) is 50.7 Å². The Morgan fingerprint density at radius 2 is 2.07 bits per heavy atom. The predicted octanol–water partition coefficient (Wildman–Crippen LogP) is 4.12. The first-order valence-electron chi connectivity index (χ1n) is 4.65. The maximum atomic E-state index is 4.36. The number of hydrogen-bond acceptors (Lipinski definition) is 2. The molecule has 1 aromatic heterocycles. The van der Waals surface area contributed by atoms with Crippen molar-refractivity contribution in [2.24, 2.45) is 11.3 Å². The van der Waals surface area contributed by atoms with Crippen LogP contribution < -0.4 is 0 Å². The molecule has 1 nitrogen and oxygen atoms in total. The van der Waals surface area contributed by atoms with Gasteiger partial charge in [-0.3, -0.25) is 0 Å². The van der Waals surface area contributed by atoms with Crippen molar-refractivity contribution in [2.45, 2.75) is 20.3 Å². The second-order valence-corrected chi connectivity index (χ2v) is 5.99. The third-order valence-electron chi connectivity index (χ3n) is 2.74. The summed E-state index contributed by atoms with van der Waals surface area (Å²) in [6.07, 6.45) is 2.94. The molecule has 0 radical (unpaired) electrons. The van der Waals surface area contributed by atoms with Crippen LogP contribution in [0.1, 0.15) is 18.9 Å². The minimum absolute atomic E-state index is 0.290. The van der Waals surface area contributed by atoms with E-state index < -0.39 is 0 Å². The van der Waals surface area contributed by atoms with Gasteiger partial charge < -0.3 is 0 Å². The van der Waals surface area contributed by atoms with E-state index in [4.69, 9.17) is 0 Å². The molecule has 0 bridgehead atoms. The van der Waals surface area contributed by atoms with Crippen molar-refractivity contribution in [1.29, 1.82) is 0 Å². The molecule has 0 unspecified atom stereocenters. The monoisotopic (exact) mass is 339 g/mol. The van der Waals surface area contributed by atoms with Gasteiger partial charge in [-0.2, -0.15) is 0 Å². The summed E-state index contributed by atoms with van der Waals surface area (Å²) < 4.78 is 0. The maximum Gasteiger partial charge on any atom is 0.0931 e. The molecule has 0 spiro atoms. The molecule has 0 fully saturated rings. The van der Waals surface area contributed by atoms with Gasteiger partial charge in [-0.15, -0.1) is 11.3 Å². The molecule has 1 aromatic rings. The van der Waals surface area contributed by atoms with Gasteiger partial charge in [0, 0.05) is 28.7 Å². The van der Waals surface area contributed by atoms with E-state index in [-0.39, 0.29) is 5.41 Å². The van der Waals surface area contributed by atoms with Gasteiger partial charge in [0.2, 0.25) is 0 Å². The van der Waals surface area contributed by atoms with Crippen LogP contribution in [0.25, 0.3) is 0 Å². The number of alkyl halides is 2. The van der Waals surface area contributed by atoms with Crippen LogP contribution in [-0.2, 0) is 6.42 Å². The summed E-state index contributed by atoms with van der Waals surface area (Å²) in [5.74, 6) is 0.644. The molecule has 0 saturated heterocycles. The molecule has 14 heavy (non-hydrogen) atoms. The fourth-order valence-electron chi connectivity index (χ4n) is 1.28. The third kappa shape index (κ3) is 2.80. The molecular formula is C10H15Br2NS. The van der Waals surface area contributed by atoms with Crippen molar-refractivity contribution >= 4 is 43.2 Å². The molecule has 80 valence electrons. The molecule has 0 amide bonds. The third-order valence-corrected chi connectivity index (χ3v) is 5.76. The number of nitrogens with zero attached hydrogens (tertiary/aromatic N) is 1. The average Bonchev–Trinajstić information content (AvgIpc) is 2.66. The van der Waals surface area contributed by atoms with E-state index >= 15 is 0 Å². The number of hydrogen-bond donors (Lipinski definition) is 0. The van der Waals surface area contributed by atoms with E-state index in [1.165, 1.54) is 5.01 Å². The van der Waals surface area contributed by atoms with Crippen molar-refractivity contribution in [3.05, 3.63) is 16.6 Å². The number of aromatic nitrogens is 1. The van der Waals surface area contributed by atoms with Gasteiger partial charge in [0.15, 0.2) is 0 Å². The zero-order valence-corrected chi connectivity index (χ0v) is 12.5. The Hall–Kier alpha value is 0.590. The lowest BCUT2D eigenvalue weighted by molar-refractivity contribution is 0.267. The quantitative estimate of drug-likeness (QED) is 0.735. The van der Waals surface area contributed by atoms with Gasteiger partial charge in [0.25, 0.3) is 0 Å². The predicted molar refractivity (Wildman–Crippen MR) is 70.7 cm³/mol. The molecule has 0 aliphatic rings. The lowest BCUT2D eigenvalue weighted by Gasteiger charge is -2.33. The topological polar surface area (TPSA) is 12.9 Å². The zero-order chi connectivity index (χ0) is 10.6. The lowest BCUT2D eigenvalue weighted by atomic mass is 9.78. The first-order chi connectivity index (χ1) is 6.64. The Kier molecular flexibility index (Phi) is 5.08. The van der Waals surface area contributed by atoms with Crippen LogP contribution in [0.3, 0.4) is 0 Å².